The summed E-state index contributed by atoms with van der Waals surface area (Å²) in [5.41, 5.74) is 0. The maximum absolute atomic E-state index is 12.8. The summed E-state index contributed by atoms with van der Waals surface area (Å²) in [6, 6.07) is 0. The van der Waals surface area contributed by atoms with Crippen LogP contribution < -0.4 is 0 Å². The number of carbonyl (C=O) groups excluding carboxylic acids is 3. The zero-order chi connectivity index (χ0) is 47.9. The first-order chi connectivity index (χ1) is 32.5. The number of hydrogen-bond acceptors (Lipinski definition) is 6. The Balaban J connectivity index is 4.59. The first-order valence-corrected chi connectivity index (χ1v) is 26.2. The Morgan fingerprint density at radius 1 is 0.333 bits per heavy atom. The normalized spacial score (nSPS) is 13.2. The first-order valence-electron chi connectivity index (χ1n) is 26.2. The van der Waals surface area contributed by atoms with Gasteiger partial charge in [0.05, 0.1) is 0 Å². The fourth-order valence-electron chi connectivity index (χ4n) is 6.52. The molecule has 0 aliphatic heterocycles. The highest BCUT2D eigenvalue weighted by Crippen LogP contribution is 2.12. The van der Waals surface area contributed by atoms with E-state index in [4.69, 9.17) is 14.2 Å². The molecule has 0 spiro atoms. The van der Waals surface area contributed by atoms with Gasteiger partial charge in [-0.05, 0) is 122 Å². The highest BCUT2D eigenvalue weighted by atomic mass is 16.6. The molecule has 0 aromatic heterocycles. The van der Waals surface area contributed by atoms with E-state index in [2.05, 4.69) is 154 Å². The molecule has 0 heterocycles. The second-order valence-corrected chi connectivity index (χ2v) is 16.7. The predicted octanol–water partition coefficient (Wildman–Crippen LogP) is 17.5. The van der Waals surface area contributed by atoms with Crippen LogP contribution in [0, 0.1) is 0 Å². The van der Waals surface area contributed by atoms with E-state index in [0.29, 0.717) is 19.3 Å². The molecule has 0 saturated carbocycles. The Kier molecular flexibility index (Phi) is 49.6. The van der Waals surface area contributed by atoms with Crippen LogP contribution in [0.3, 0.4) is 0 Å². The number of esters is 3. The van der Waals surface area contributed by atoms with Crippen molar-refractivity contribution < 1.29 is 28.6 Å². The van der Waals surface area contributed by atoms with Crippen LogP contribution in [-0.4, -0.2) is 37.2 Å². The number of allylic oxidation sites excluding steroid dienone is 22. The fourth-order valence-corrected chi connectivity index (χ4v) is 6.52. The van der Waals surface area contributed by atoms with Crippen LogP contribution in [0.1, 0.15) is 207 Å². The Hall–Kier alpha value is -4.45. The van der Waals surface area contributed by atoms with Crippen LogP contribution in [0.4, 0.5) is 0 Å². The van der Waals surface area contributed by atoms with E-state index in [1.165, 1.54) is 32.1 Å². The van der Waals surface area contributed by atoms with Crippen molar-refractivity contribution in [2.75, 3.05) is 13.2 Å². The Bertz CT molecular complexity index is 1460. The maximum atomic E-state index is 12.8. The molecule has 0 fully saturated rings. The third-order valence-electron chi connectivity index (χ3n) is 10.4. The van der Waals surface area contributed by atoms with Crippen molar-refractivity contribution in [1.29, 1.82) is 0 Å². The lowest BCUT2D eigenvalue weighted by Gasteiger charge is -2.18. The van der Waals surface area contributed by atoms with E-state index in [1.54, 1.807) is 0 Å². The minimum absolute atomic E-state index is 0.120. The molecule has 0 aromatic rings. The molecule has 0 aromatic carbocycles. The molecular formula is C60H94O6. The minimum Gasteiger partial charge on any atom is -0.462 e. The predicted molar refractivity (Wildman–Crippen MR) is 283 cm³/mol. The van der Waals surface area contributed by atoms with E-state index < -0.39 is 6.10 Å². The molecule has 0 saturated heterocycles. The van der Waals surface area contributed by atoms with Crippen molar-refractivity contribution in [1.82, 2.24) is 0 Å². The van der Waals surface area contributed by atoms with Gasteiger partial charge in [-0.15, -0.1) is 0 Å². The minimum atomic E-state index is -0.827. The summed E-state index contributed by atoms with van der Waals surface area (Å²) in [4.78, 5) is 38.0. The Morgan fingerprint density at radius 3 is 1.09 bits per heavy atom. The van der Waals surface area contributed by atoms with Gasteiger partial charge in [-0.25, -0.2) is 0 Å². The van der Waals surface area contributed by atoms with Crippen LogP contribution in [-0.2, 0) is 28.6 Å². The molecule has 6 heteroatoms. The quantitative estimate of drug-likeness (QED) is 0.0199. The van der Waals surface area contributed by atoms with Crippen LogP contribution in [0.15, 0.2) is 134 Å². The third-order valence-corrected chi connectivity index (χ3v) is 10.4. The number of hydrogen-bond donors (Lipinski definition) is 0. The van der Waals surface area contributed by atoms with Crippen molar-refractivity contribution >= 4 is 17.9 Å². The van der Waals surface area contributed by atoms with E-state index in [9.17, 15) is 14.4 Å². The molecular weight excluding hydrogens is 817 g/mol. The largest absolute Gasteiger partial charge is 0.462 e. The smallest absolute Gasteiger partial charge is 0.306 e. The molecule has 0 aliphatic rings. The second kappa shape index (κ2) is 53.2. The topological polar surface area (TPSA) is 78.9 Å². The molecule has 0 bridgehead atoms. The van der Waals surface area contributed by atoms with E-state index in [0.717, 1.165) is 122 Å². The van der Waals surface area contributed by atoms with Gasteiger partial charge in [0.1, 0.15) is 13.2 Å². The fraction of sp³-hybridized carbons (Fsp3) is 0.583. The molecule has 66 heavy (non-hydrogen) atoms. The van der Waals surface area contributed by atoms with Gasteiger partial charge in [0, 0.05) is 19.3 Å². The number of rotatable bonds is 45. The lowest BCUT2D eigenvalue weighted by molar-refractivity contribution is -0.167. The molecule has 1 atom stereocenters. The lowest BCUT2D eigenvalue weighted by atomic mass is 10.1. The van der Waals surface area contributed by atoms with E-state index in [1.807, 2.05) is 0 Å². The van der Waals surface area contributed by atoms with Crippen LogP contribution in [0.25, 0.3) is 0 Å². The van der Waals surface area contributed by atoms with Crippen molar-refractivity contribution in [3.05, 3.63) is 134 Å². The standard InChI is InChI=1S/C60H94O6/c1-4-7-10-13-16-19-22-25-28-30-33-35-38-41-44-47-50-53-59(62)65-56-57(55-64-58(61)52-49-46-43-40-37-34-31-27-24-21-18-15-12-9-6-3)66-60(63)54-51-48-45-42-39-36-32-29-26-23-20-17-14-11-8-5-2/h7-8,10-11,16-21,24-29,33,35-36,39,41,44,57H,4-6,9,12-15,22-23,30-32,34,37-38,40,42-43,45-56H2,1-3H3/b10-7-,11-8-,19-16-,20-17-,21-18-,27-24-,28-25-,29-26-,35-33-,39-36-,44-41-. The van der Waals surface area contributed by atoms with Crippen molar-refractivity contribution in [2.24, 2.45) is 0 Å². The summed E-state index contributed by atoms with van der Waals surface area (Å²) < 4.78 is 16.7. The molecule has 0 rings (SSSR count). The second-order valence-electron chi connectivity index (χ2n) is 16.7. The number of carbonyl (C=O) groups is 3. The van der Waals surface area contributed by atoms with Gasteiger partial charge in [-0.3, -0.25) is 14.4 Å². The zero-order valence-corrected chi connectivity index (χ0v) is 42.1. The van der Waals surface area contributed by atoms with Crippen LogP contribution >= 0.6 is 0 Å². The SMILES string of the molecule is CC/C=C\C/C=C\C/C=C\C/C=C\C/C=C\CCCC(=O)OCC(COC(=O)CCCCCCCC/C=C\C=C/CCCCC)OC(=O)CCCCC/C=C\C/C=C\C/C=C\C/C=C\CC. The van der Waals surface area contributed by atoms with Gasteiger partial charge in [-0.2, -0.15) is 0 Å². The summed E-state index contributed by atoms with van der Waals surface area (Å²) in [6.07, 6.45) is 74.4. The maximum Gasteiger partial charge on any atom is 0.306 e. The summed E-state index contributed by atoms with van der Waals surface area (Å²) in [7, 11) is 0. The van der Waals surface area contributed by atoms with Gasteiger partial charge in [0.15, 0.2) is 6.10 Å². The molecule has 6 nitrogen and oxygen atoms in total. The average Bonchev–Trinajstić information content (AvgIpc) is 3.31. The highest BCUT2D eigenvalue weighted by molar-refractivity contribution is 5.71. The first kappa shape index (κ1) is 61.5. The Morgan fingerprint density at radius 2 is 0.652 bits per heavy atom. The molecule has 1 unspecified atom stereocenters. The lowest BCUT2D eigenvalue weighted by Crippen LogP contribution is -2.30. The molecule has 0 radical (unpaired) electrons. The molecule has 0 N–H and O–H groups in total. The van der Waals surface area contributed by atoms with Gasteiger partial charge in [0.25, 0.3) is 0 Å². The van der Waals surface area contributed by atoms with Crippen molar-refractivity contribution in [2.45, 2.75) is 213 Å². The Labute approximate surface area is 405 Å². The van der Waals surface area contributed by atoms with Crippen LogP contribution in [0.2, 0.25) is 0 Å². The molecule has 0 amide bonds. The molecule has 370 valence electrons. The number of ether oxygens (including phenoxy) is 3. The monoisotopic (exact) mass is 911 g/mol. The van der Waals surface area contributed by atoms with E-state index >= 15 is 0 Å². The summed E-state index contributed by atoms with van der Waals surface area (Å²) in [5.74, 6) is -1.03. The van der Waals surface area contributed by atoms with Gasteiger partial charge in [0.2, 0.25) is 0 Å². The van der Waals surface area contributed by atoms with Crippen molar-refractivity contribution in [3.8, 4) is 0 Å². The van der Waals surface area contributed by atoms with Gasteiger partial charge in [-0.1, -0.05) is 199 Å². The summed E-state index contributed by atoms with van der Waals surface area (Å²) in [5, 5.41) is 0. The van der Waals surface area contributed by atoms with Gasteiger partial charge < -0.3 is 14.2 Å². The summed E-state index contributed by atoms with van der Waals surface area (Å²) in [6.45, 7) is 6.27. The van der Waals surface area contributed by atoms with Gasteiger partial charge >= 0.3 is 17.9 Å². The number of unbranched alkanes of at least 4 members (excludes halogenated alkanes) is 13. The van der Waals surface area contributed by atoms with Crippen LogP contribution in [0.5, 0.6) is 0 Å². The molecule has 0 aliphatic carbocycles. The van der Waals surface area contributed by atoms with Crippen molar-refractivity contribution in [3.63, 3.8) is 0 Å². The average molecular weight is 911 g/mol. The zero-order valence-electron chi connectivity index (χ0n) is 42.1. The highest BCUT2D eigenvalue weighted by Gasteiger charge is 2.19. The van der Waals surface area contributed by atoms with E-state index in [-0.39, 0.29) is 44.0 Å². The summed E-state index contributed by atoms with van der Waals surface area (Å²) >= 11 is 0. The third kappa shape index (κ3) is 50.5.